The van der Waals surface area contributed by atoms with Gasteiger partial charge in [0, 0.05) is 18.0 Å². The number of ether oxygens (including phenoxy) is 2. The third-order valence-corrected chi connectivity index (χ3v) is 4.88. The summed E-state index contributed by atoms with van der Waals surface area (Å²) in [7, 11) is 0. The minimum atomic E-state index is -0.697. The van der Waals surface area contributed by atoms with Crippen molar-refractivity contribution in [2.75, 3.05) is 11.1 Å². The molecule has 0 saturated carbocycles. The molecule has 8 heteroatoms. The lowest BCUT2D eigenvalue weighted by Crippen LogP contribution is -2.12. The predicted octanol–water partition coefficient (Wildman–Crippen LogP) is 6.07. The van der Waals surface area contributed by atoms with Crippen molar-refractivity contribution in [1.82, 2.24) is 4.98 Å². The molecule has 35 heavy (non-hydrogen) atoms. The molecule has 0 radical (unpaired) electrons. The van der Waals surface area contributed by atoms with E-state index in [4.69, 9.17) is 20.5 Å². The van der Waals surface area contributed by atoms with Crippen LogP contribution in [0.3, 0.4) is 0 Å². The zero-order valence-corrected chi connectivity index (χ0v) is 18.4. The average molecular weight is 466 g/mol. The monoisotopic (exact) mass is 466 g/mol. The quantitative estimate of drug-likeness (QED) is 0.253. The predicted molar refractivity (Wildman–Crippen MR) is 130 cm³/mol. The Bertz CT molecular complexity index is 1430. The molecule has 0 fully saturated rings. The number of nitrogens with zero attached hydrogens (tertiary/aromatic N) is 2. The Morgan fingerprint density at radius 3 is 2.40 bits per heavy atom. The third-order valence-electron chi connectivity index (χ3n) is 4.88. The standard InChI is InChI=1S/C27H19FN4O3/c1-17(16-29)27(33)32-19-9-12-22(28)24(15-19)35-23-13-14-31-26(30)25(23)18-7-10-21(11-8-18)34-20-5-3-2-4-6-20/h2-15H,1H2,(H2,30,31)(H,32,33). The lowest BCUT2D eigenvalue weighted by molar-refractivity contribution is -0.112. The second-order valence-corrected chi connectivity index (χ2v) is 7.30. The maximum atomic E-state index is 14.5. The molecule has 1 aromatic heterocycles. The number of hydrogen-bond donors (Lipinski definition) is 2. The first kappa shape index (κ1) is 23.0. The van der Waals surface area contributed by atoms with Gasteiger partial charge in [-0.3, -0.25) is 4.79 Å². The molecular weight excluding hydrogens is 447 g/mol. The molecule has 4 aromatic rings. The first-order valence-electron chi connectivity index (χ1n) is 10.4. The van der Waals surface area contributed by atoms with E-state index in [0.29, 0.717) is 22.6 Å². The van der Waals surface area contributed by atoms with E-state index in [0.717, 1.165) is 6.07 Å². The fourth-order valence-electron chi connectivity index (χ4n) is 3.18. The molecule has 0 aliphatic heterocycles. The van der Waals surface area contributed by atoms with E-state index in [1.807, 2.05) is 30.3 Å². The Kier molecular flexibility index (Phi) is 6.70. The van der Waals surface area contributed by atoms with Crippen molar-refractivity contribution in [3.63, 3.8) is 0 Å². The molecule has 7 nitrogen and oxygen atoms in total. The van der Waals surface area contributed by atoms with Gasteiger partial charge in [0.1, 0.15) is 34.7 Å². The number of anilines is 2. The molecule has 1 heterocycles. The smallest absolute Gasteiger partial charge is 0.265 e. The van der Waals surface area contributed by atoms with Gasteiger partial charge in [0.2, 0.25) is 0 Å². The van der Waals surface area contributed by atoms with Gasteiger partial charge in [-0.15, -0.1) is 0 Å². The van der Waals surface area contributed by atoms with E-state index in [1.54, 1.807) is 36.4 Å². The molecule has 172 valence electrons. The first-order valence-corrected chi connectivity index (χ1v) is 10.4. The van der Waals surface area contributed by atoms with Gasteiger partial charge in [-0.05, 0) is 48.0 Å². The van der Waals surface area contributed by atoms with E-state index in [2.05, 4.69) is 16.9 Å². The summed E-state index contributed by atoms with van der Waals surface area (Å²) in [6, 6.07) is 23.5. The van der Waals surface area contributed by atoms with Gasteiger partial charge in [-0.2, -0.15) is 5.26 Å². The van der Waals surface area contributed by atoms with Crippen LogP contribution in [-0.2, 0) is 4.79 Å². The highest BCUT2D eigenvalue weighted by molar-refractivity contribution is 6.06. The summed E-state index contributed by atoms with van der Waals surface area (Å²) in [6.07, 6.45) is 1.45. The number of rotatable bonds is 7. The lowest BCUT2D eigenvalue weighted by atomic mass is 10.1. The summed E-state index contributed by atoms with van der Waals surface area (Å²) in [4.78, 5) is 16.1. The Hall–Kier alpha value is -5.16. The number of nitriles is 1. The van der Waals surface area contributed by atoms with Crippen molar-refractivity contribution in [3.05, 3.63) is 103 Å². The topological polar surface area (TPSA) is 110 Å². The highest BCUT2D eigenvalue weighted by atomic mass is 19.1. The summed E-state index contributed by atoms with van der Waals surface area (Å²) in [5, 5.41) is 11.3. The van der Waals surface area contributed by atoms with Gasteiger partial charge in [0.05, 0.1) is 5.56 Å². The number of nitrogen functional groups attached to an aromatic ring is 1. The molecule has 1 amide bonds. The Balaban J connectivity index is 1.61. The second kappa shape index (κ2) is 10.2. The van der Waals surface area contributed by atoms with Crippen molar-refractivity contribution in [2.24, 2.45) is 0 Å². The molecule has 0 bridgehead atoms. The van der Waals surface area contributed by atoms with Gasteiger partial charge in [0.15, 0.2) is 11.6 Å². The van der Waals surface area contributed by atoms with E-state index in [-0.39, 0.29) is 28.6 Å². The minimum Gasteiger partial charge on any atom is -0.457 e. The van der Waals surface area contributed by atoms with Crippen LogP contribution in [0.1, 0.15) is 0 Å². The van der Waals surface area contributed by atoms with Gasteiger partial charge >= 0.3 is 0 Å². The van der Waals surface area contributed by atoms with Gasteiger partial charge in [-0.1, -0.05) is 36.9 Å². The highest BCUT2D eigenvalue weighted by Gasteiger charge is 2.16. The van der Waals surface area contributed by atoms with E-state index in [9.17, 15) is 9.18 Å². The summed E-state index contributed by atoms with van der Waals surface area (Å²) in [5.74, 6) is 0.268. The number of nitrogens with one attached hydrogen (secondary N) is 1. The molecule has 4 rings (SSSR count). The molecule has 3 N–H and O–H groups in total. The number of amides is 1. The first-order chi connectivity index (χ1) is 16.9. The van der Waals surface area contributed by atoms with E-state index >= 15 is 0 Å². The van der Waals surface area contributed by atoms with Crippen LogP contribution in [0.2, 0.25) is 0 Å². The Morgan fingerprint density at radius 2 is 1.69 bits per heavy atom. The fraction of sp³-hybridized carbons (Fsp3) is 0. The number of halogens is 1. The lowest BCUT2D eigenvalue weighted by Gasteiger charge is -2.15. The molecule has 0 aliphatic carbocycles. The van der Waals surface area contributed by atoms with Crippen LogP contribution in [-0.4, -0.2) is 10.9 Å². The number of carbonyl (C=O) groups is 1. The second-order valence-electron chi connectivity index (χ2n) is 7.30. The number of pyridine rings is 1. The van der Waals surface area contributed by atoms with Crippen LogP contribution < -0.4 is 20.5 Å². The van der Waals surface area contributed by atoms with Crippen molar-refractivity contribution in [3.8, 4) is 40.2 Å². The van der Waals surface area contributed by atoms with Crippen LogP contribution in [0.5, 0.6) is 23.0 Å². The number of carbonyl (C=O) groups excluding carboxylic acids is 1. The zero-order chi connectivity index (χ0) is 24.8. The average Bonchev–Trinajstić information content (AvgIpc) is 2.87. The summed E-state index contributed by atoms with van der Waals surface area (Å²) < 4.78 is 26.2. The molecule has 0 saturated heterocycles. The fourth-order valence-corrected chi connectivity index (χ4v) is 3.18. The number of aromatic nitrogens is 1. The number of benzene rings is 3. The SMILES string of the molecule is C=C(C#N)C(=O)Nc1ccc(F)c(Oc2ccnc(N)c2-c2ccc(Oc3ccccc3)cc2)c1. The van der Waals surface area contributed by atoms with Crippen molar-refractivity contribution in [1.29, 1.82) is 5.26 Å². The molecule has 0 unspecified atom stereocenters. The van der Waals surface area contributed by atoms with Crippen molar-refractivity contribution < 1.29 is 18.7 Å². The van der Waals surface area contributed by atoms with Gasteiger partial charge < -0.3 is 20.5 Å². The third kappa shape index (κ3) is 5.43. The number of hydrogen-bond acceptors (Lipinski definition) is 6. The molecular formula is C27H19FN4O3. The largest absolute Gasteiger partial charge is 0.457 e. The summed E-state index contributed by atoms with van der Waals surface area (Å²) >= 11 is 0. The van der Waals surface area contributed by atoms with E-state index < -0.39 is 11.7 Å². The van der Waals surface area contributed by atoms with Crippen LogP contribution in [0.25, 0.3) is 11.1 Å². The highest BCUT2D eigenvalue weighted by Crippen LogP contribution is 2.38. The summed E-state index contributed by atoms with van der Waals surface area (Å²) in [6.45, 7) is 3.35. The number of para-hydroxylation sites is 1. The van der Waals surface area contributed by atoms with Crippen LogP contribution in [0.15, 0.2) is 97.2 Å². The zero-order valence-electron chi connectivity index (χ0n) is 18.4. The maximum absolute atomic E-state index is 14.5. The summed E-state index contributed by atoms with van der Waals surface area (Å²) in [5.41, 5.74) is 7.24. The minimum absolute atomic E-state index is 0.152. The maximum Gasteiger partial charge on any atom is 0.265 e. The Morgan fingerprint density at radius 1 is 0.971 bits per heavy atom. The van der Waals surface area contributed by atoms with Crippen molar-refractivity contribution in [2.45, 2.75) is 0 Å². The van der Waals surface area contributed by atoms with Crippen LogP contribution >= 0.6 is 0 Å². The van der Waals surface area contributed by atoms with E-state index in [1.165, 1.54) is 18.3 Å². The molecule has 0 atom stereocenters. The molecule has 0 spiro atoms. The van der Waals surface area contributed by atoms with Gasteiger partial charge in [0.25, 0.3) is 5.91 Å². The normalized spacial score (nSPS) is 10.2. The van der Waals surface area contributed by atoms with Crippen LogP contribution in [0.4, 0.5) is 15.9 Å². The van der Waals surface area contributed by atoms with Crippen molar-refractivity contribution >= 4 is 17.4 Å². The Labute approximate surface area is 200 Å². The molecule has 3 aromatic carbocycles. The molecule has 0 aliphatic rings. The van der Waals surface area contributed by atoms with Gasteiger partial charge in [-0.25, -0.2) is 9.37 Å². The van der Waals surface area contributed by atoms with Crippen LogP contribution in [0, 0.1) is 17.1 Å². The number of nitrogens with two attached hydrogens (primary N) is 1.